The lowest BCUT2D eigenvalue weighted by atomic mass is 10.1. The third-order valence-corrected chi connectivity index (χ3v) is 5.95. The summed E-state index contributed by atoms with van der Waals surface area (Å²) in [7, 11) is 1.22. The number of hydrogen-bond acceptors (Lipinski definition) is 4. The van der Waals surface area contributed by atoms with Gasteiger partial charge in [-0.3, -0.25) is 4.79 Å². The van der Waals surface area contributed by atoms with E-state index in [9.17, 15) is 13.2 Å². The van der Waals surface area contributed by atoms with Gasteiger partial charge in [0.15, 0.2) is 0 Å². The van der Waals surface area contributed by atoms with E-state index >= 15 is 0 Å². The van der Waals surface area contributed by atoms with Gasteiger partial charge in [0.1, 0.15) is 0 Å². The fourth-order valence-electron chi connectivity index (χ4n) is 1.54. The first-order chi connectivity index (χ1) is 7.30. The molecule has 1 aliphatic rings. The maximum atomic E-state index is 11.2. The van der Waals surface area contributed by atoms with Gasteiger partial charge in [0.05, 0.1) is 12.5 Å². The SMILES string of the molecule is Cc1sc(C2CC(=O)N2S(=O)(=O)Cl)cc1Br. The van der Waals surface area contributed by atoms with Crippen LogP contribution in [-0.4, -0.2) is 18.6 Å². The third-order valence-electron chi connectivity index (χ3n) is 2.34. The molecule has 16 heavy (non-hydrogen) atoms. The Morgan fingerprint density at radius 1 is 1.62 bits per heavy atom. The Morgan fingerprint density at radius 2 is 2.25 bits per heavy atom. The summed E-state index contributed by atoms with van der Waals surface area (Å²) in [5, 5.41) is 0. The van der Waals surface area contributed by atoms with Gasteiger partial charge in [-0.2, -0.15) is 8.42 Å². The number of carbonyl (C=O) groups is 1. The normalized spacial score (nSPS) is 21.1. The van der Waals surface area contributed by atoms with Crippen molar-refractivity contribution in [2.75, 3.05) is 0 Å². The summed E-state index contributed by atoms with van der Waals surface area (Å²) in [6.07, 6.45) is 0.193. The Kier molecular flexibility index (Phi) is 3.07. The van der Waals surface area contributed by atoms with Crippen molar-refractivity contribution in [2.24, 2.45) is 0 Å². The van der Waals surface area contributed by atoms with Crippen LogP contribution >= 0.6 is 37.9 Å². The molecule has 1 aromatic heterocycles. The molecule has 1 aliphatic heterocycles. The van der Waals surface area contributed by atoms with Crippen LogP contribution in [0.3, 0.4) is 0 Å². The van der Waals surface area contributed by atoms with E-state index < -0.39 is 21.2 Å². The summed E-state index contributed by atoms with van der Waals surface area (Å²) in [6.45, 7) is 1.91. The van der Waals surface area contributed by atoms with Crippen LogP contribution in [-0.2, 0) is 14.0 Å². The van der Waals surface area contributed by atoms with Gasteiger partial charge < -0.3 is 0 Å². The molecule has 1 saturated heterocycles. The van der Waals surface area contributed by atoms with Crippen LogP contribution in [0.4, 0.5) is 0 Å². The smallest absolute Gasteiger partial charge is 0.274 e. The van der Waals surface area contributed by atoms with Crippen molar-refractivity contribution >= 4 is 53.1 Å². The zero-order chi connectivity index (χ0) is 12.1. The Balaban J connectivity index is 2.34. The molecule has 0 N–H and O–H groups in total. The fourth-order valence-corrected chi connectivity index (χ4v) is 4.58. The zero-order valence-electron chi connectivity index (χ0n) is 8.11. The molecule has 0 aliphatic carbocycles. The molecule has 0 aromatic carbocycles. The quantitative estimate of drug-likeness (QED) is 0.612. The predicted octanol–water partition coefficient (Wildman–Crippen LogP) is 2.58. The standard InChI is InChI=1S/C8H7BrClNO3S2/c1-4-5(9)2-7(15-4)6-3-8(12)11(6)16(10,13)14/h2,6H,3H2,1H3. The van der Waals surface area contributed by atoms with Crippen LogP contribution in [0.2, 0.25) is 0 Å². The average molecular weight is 345 g/mol. The minimum atomic E-state index is -3.97. The number of hydrogen-bond donors (Lipinski definition) is 0. The molecule has 1 aromatic rings. The van der Waals surface area contributed by atoms with Gasteiger partial charge in [0, 0.05) is 24.9 Å². The topological polar surface area (TPSA) is 54.5 Å². The van der Waals surface area contributed by atoms with Gasteiger partial charge in [-0.25, -0.2) is 4.31 Å². The minimum absolute atomic E-state index is 0.193. The molecule has 4 nitrogen and oxygen atoms in total. The molecule has 1 atom stereocenters. The molecule has 2 rings (SSSR count). The third kappa shape index (κ3) is 2.01. The molecule has 0 radical (unpaired) electrons. The molecule has 1 unspecified atom stereocenters. The zero-order valence-corrected chi connectivity index (χ0v) is 12.1. The highest BCUT2D eigenvalue weighted by atomic mass is 79.9. The summed E-state index contributed by atoms with van der Waals surface area (Å²) in [4.78, 5) is 13.1. The van der Waals surface area contributed by atoms with Crippen molar-refractivity contribution in [3.8, 4) is 0 Å². The van der Waals surface area contributed by atoms with E-state index in [1.807, 2.05) is 13.0 Å². The van der Waals surface area contributed by atoms with Crippen molar-refractivity contribution < 1.29 is 13.2 Å². The predicted molar refractivity (Wildman–Crippen MR) is 65.7 cm³/mol. The molecular weight excluding hydrogens is 338 g/mol. The van der Waals surface area contributed by atoms with Crippen LogP contribution in [0.1, 0.15) is 22.2 Å². The first-order valence-electron chi connectivity index (χ1n) is 4.33. The summed E-state index contributed by atoms with van der Waals surface area (Å²) >= 11 is 4.80. The number of amides is 1. The molecule has 0 bridgehead atoms. The number of halogens is 2. The largest absolute Gasteiger partial charge is 0.324 e. The van der Waals surface area contributed by atoms with E-state index in [-0.39, 0.29) is 6.42 Å². The lowest BCUT2D eigenvalue weighted by Gasteiger charge is -2.36. The Hall–Kier alpha value is -0.110. The summed E-state index contributed by atoms with van der Waals surface area (Å²) in [6, 6.07) is 1.39. The summed E-state index contributed by atoms with van der Waals surface area (Å²) < 4.78 is 24.0. The number of rotatable bonds is 2. The number of carbonyl (C=O) groups excluding carboxylic acids is 1. The Labute approximate surface area is 110 Å². The van der Waals surface area contributed by atoms with Crippen LogP contribution < -0.4 is 0 Å². The van der Waals surface area contributed by atoms with Gasteiger partial charge in [-0.1, -0.05) is 0 Å². The van der Waals surface area contributed by atoms with Crippen molar-refractivity contribution in [3.63, 3.8) is 0 Å². The maximum Gasteiger partial charge on any atom is 0.324 e. The molecule has 0 spiro atoms. The molecule has 1 amide bonds. The highest BCUT2D eigenvalue weighted by molar-refractivity contribution is 9.10. The van der Waals surface area contributed by atoms with Crippen molar-refractivity contribution in [3.05, 3.63) is 20.3 Å². The van der Waals surface area contributed by atoms with Gasteiger partial charge in [-0.15, -0.1) is 11.3 Å². The summed E-state index contributed by atoms with van der Waals surface area (Å²) in [5.74, 6) is -0.456. The fraction of sp³-hybridized carbons (Fsp3) is 0.375. The molecular formula is C8H7BrClNO3S2. The molecule has 8 heteroatoms. The monoisotopic (exact) mass is 343 g/mol. The van der Waals surface area contributed by atoms with Gasteiger partial charge >= 0.3 is 9.24 Å². The van der Waals surface area contributed by atoms with E-state index in [1.165, 1.54) is 11.3 Å². The number of aryl methyl sites for hydroxylation is 1. The second-order valence-electron chi connectivity index (χ2n) is 3.40. The Bertz CT molecular complexity index is 534. The number of thiophene rings is 1. The second-order valence-corrected chi connectivity index (χ2v) is 7.93. The first-order valence-corrected chi connectivity index (χ1v) is 8.21. The molecule has 1 fully saturated rings. The van der Waals surface area contributed by atoms with E-state index in [0.29, 0.717) is 0 Å². The van der Waals surface area contributed by atoms with E-state index in [2.05, 4.69) is 15.9 Å². The van der Waals surface area contributed by atoms with E-state index in [1.54, 1.807) is 0 Å². The minimum Gasteiger partial charge on any atom is -0.274 e. The first kappa shape index (κ1) is 12.3. The van der Waals surface area contributed by atoms with E-state index in [0.717, 1.165) is 18.5 Å². The van der Waals surface area contributed by atoms with Crippen molar-refractivity contribution in [1.82, 2.24) is 4.31 Å². The van der Waals surface area contributed by atoms with Gasteiger partial charge in [0.2, 0.25) is 5.91 Å². The van der Waals surface area contributed by atoms with Crippen LogP contribution in [0.25, 0.3) is 0 Å². The van der Waals surface area contributed by atoms with Gasteiger partial charge in [0.25, 0.3) is 0 Å². The lowest BCUT2D eigenvalue weighted by molar-refractivity contribution is -0.137. The highest BCUT2D eigenvalue weighted by Crippen LogP contribution is 2.42. The summed E-state index contributed by atoms with van der Waals surface area (Å²) in [5.41, 5.74) is 0. The lowest BCUT2D eigenvalue weighted by Crippen LogP contribution is -2.47. The van der Waals surface area contributed by atoms with Gasteiger partial charge in [-0.05, 0) is 28.9 Å². The average Bonchev–Trinajstić information content (AvgIpc) is 2.39. The van der Waals surface area contributed by atoms with Crippen molar-refractivity contribution in [1.29, 1.82) is 0 Å². The second kappa shape index (κ2) is 3.97. The molecule has 2 heterocycles. The Morgan fingerprint density at radius 3 is 2.62 bits per heavy atom. The van der Waals surface area contributed by atoms with E-state index in [4.69, 9.17) is 10.7 Å². The van der Waals surface area contributed by atoms with Crippen molar-refractivity contribution in [2.45, 2.75) is 19.4 Å². The van der Waals surface area contributed by atoms with Crippen LogP contribution in [0, 0.1) is 6.92 Å². The molecule has 88 valence electrons. The van der Waals surface area contributed by atoms with Crippen LogP contribution in [0.5, 0.6) is 0 Å². The number of nitrogens with zero attached hydrogens (tertiary/aromatic N) is 1. The highest BCUT2D eigenvalue weighted by Gasteiger charge is 2.45. The molecule has 0 saturated carbocycles. The maximum absolute atomic E-state index is 11.2. The number of β-lactam (4-membered cyclic amide) rings is 1. The van der Waals surface area contributed by atoms with Crippen LogP contribution in [0.15, 0.2) is 10.5 Å².